The van der Waals surface area contributed by atoms with Crippen molar-refractivity contribution >= 4 is 5.97 Å². The highest BCUT2D eigenvalue weighted by Gasteiger charge is 2.41. The minimum atomic E-state index is -0.393. The highest BCUT2D eigenvalue weighted by atomic mass is 16.5. The third-order valence-electron chi connectivity index (χ3n) is 3.52. The van der Waals surface area contributed by atoms with E-state index in [2.05, 4.69) is 5.32 Å². The molecule has 0 aromatic heterocycles. The first-order chi connectivity index (χ1) is 8.25. The molecule has 1 saturated carbocycles. The Labute approximate surface area is 104 Å². The van der Waals surface area contributed by atoms with E-state index >= 15 is 0 Å². The Kier molecular flexibility index (Phi) is 6.52. The van der Waals surface area contributed by atoms with E-state index in [-0.39, 0.29) is 5.97 Å². The summed E-state index contributed by atoms with van der Waals surface area (Å²) in [5.74, 6) is -0.0908. The zero-order chi connectivity index (χ0) is 12.6. The van der Waals surface area contributed by atoms with Gasteiger partial charge in [0.15, 0.2) is 0 Å². The van der Waals surface area contributed by atoms with E-state index in [0.717, 1.165) is 58.1 Å². The molecule has 0 heterocycles. The van der Waals surface area contributed by atoms with Crippen LogP contribution >= 0.6 is 0 Å². The van der Waals surface area contributed by atoms with Crippen LogP contribution in [0.15, 0.2) is 0 Å². The van der Waals surface area contributed by atoms with Crippen molar-refractivity contribution in [2.45, 2.75) is 50.5 Å². The predicted octanol–water partition coefficient (Wildman–Crippen LogP) is 1.88. The second-order valence-corrected chi connectivity index (χ2v) is 4.76. The summed E-state index contributed by atoms with van der Waals surface area (Å²) in [4.78, 5) is 11.8. The largest absolute Gasteiger partial charge is 0.468 e. The van der Waals surface area contributed by atoms with Crippen molar-refractivity contribution in [1.29, 1.82) is 0 Å². The SMILES string of the molecule is COCCCCCNC1(C(=O)OC)CCCC1. The second kappa shape index (κ2) is 7.67. The van der Waals surface area contributed by atoms with Gasteiger partial charge in [0.2, 0.25) is 0 Å². The Morgan fingerprint density at radius 3 is 2.47 bits per heavy atom. The number of esters is 1. The van der Waals surface area contributed by atoms with Crippen LogP contribution in [0.1, 0.15) is 44.9 Å². The standard InChI is InChI=1S/C13H25NO3/c1-16-11-7-3-6-10-14-13(12(15)17-2)8-4-5-9-13/h14H,3-11H2,1-2H3. The number of ether oxygens (including phenoxy) is 2. The summed E-state index contributed by atoms with van der Waals surface area (Å²) >= 11 is 0. The van der Waals surface area contributed by atoms with E-state index < -0.39 is 5.54 Å². The number of nitrogens with one attached hydrogen (secondary N) is 1. The molecular formula is C13H25NO3. The smallest absolute Gasteiger partial charge is 0.326 e. The van der Waals surface area contributed by atoms with Gasteiger partial charge in [-0.1, -0.05) is 12.8 Å². The minimum absolute atomic E-state index is 0.0908. The van der Waals surface area contributed by atoms with E-state index in [1.165, 1.54) is 7.11 Å². The summed E-state index contributed by atoms with van der Waals surface area (Å²) in [6.45, 7) is 1.71. The van der Waals surface area contributed by atoms with Gasteiger partial charge in [-0.3, -0.25) is 4.79 Å². The topological polar surface area (TPSA) is 47.6 Å². The van der Waals surface area contributed by atoms with Crippen LogP contribution < -0.4 is 5.32 Å². The van der Waals surface area contributed by atoms with Gasteiger partial charge < -0.3 is 14.8 Å². The molecule has 0 aliphatic heterocycles. The van der Waals surface area contributed by atoms with E-state index in [9.17, 15) is 4.79 Å². The average Bonchev–Trinajstić information content (AvgIpc) is 2.82. The first kappa shape index (κ1) is 14.5. The molecule has 0 amide bonds. The van der Waals surface area contributed by atoms with Crippen molar-refractivity contribution < 1.29 is 14.3 Å². The first-order valence-electron chi connectivity index (χ1n) is 6.57. The van der Waals surface area contributed by atoms with Crippen LogP contribution in [-0.2, 0) is 14.3 Å². The van der Waals surface area contributed by atoms with E-state index in [1.54, 1.807) is 7.11 Å². The summed E-state index contributed by atoms with van der Waals surface area (Å²) in [6, 6.07) is 0. The van der Waals surface area contributed by atoms with Crippen LogP contribution in [0.5, 0.6) is 0 Å². The first-order valence-corrected chi connectivity index (χ1v) is 6.57. The molecule has 1 aliphatic rings. The van der Waals surface area contributed by atoms with E-state index in [4.69, 9.17) is 9.47 Å². The van der Waals surface area contributed by atoms with Crippen molar-refractivity contribution in [3.8, 4) is 0 Å². The monoisotopic (exact) mass is 243 g/mol. The lowest BCUT2D eigenvalue weighted by molar-refractivity contribution is -0.148. The number of hydrogen-bond acceptors (Lipinski definition) is 4. The summed E-state index contributed by atoms with van der Waals surface area (Å²) in [5.41, 5.74) is -0.393. The molecule has 1 aliphatic carbocycles. The number of rotatable bonds is 8. The fourth-order valence-corrected chi connectivity index (χ4v) is 2.50. The Morgan fingerprint density at radius 2 is 1.88 bits per heavy atom. The van der Waals surface area contributed by atoms with Gasteiger partial charge in [0.05, 0.1) is 7.11 Å². The maximum Gasteiger partial charge on any atom is 0.326 e. The Hall–Kier alpha value is -0.610. The number of methoxy groups -OCH3 is 2. The van der Waals surface area contributed by atoms with Crippen LogP contribution in [-0.4, -0.2) is 38.9 Å². The maximum absolute atomic E-state index is 11.8. The lowest BCUT2D eigenvalue weighted by atomic mass is 9.97. The van der Waals surface area contributed by atoms with Crippen molar-refractivity contribution in [3.05, 3.63) is 0 Å². The van der Waals surface area contributed by atoms with Gasteiger partial charge in [-0.15, -0.1) is 0 Å². The Bertz CT molecular complexity index is 225. The fourth-order valence-electron chi connectivity index (χ4n) is 2.50. The molecule has 0 saturated heterocycles. The van der Waals surface area contributed by atoms with Crippen LogP contribution in [0.2, 0.25) is 0 Å². The van der Waals surface area contributed by atoms with Crippen molar-refractivity contribution in [2.75, 3.05) is 27.4 Å². The van der Waals surface area contributed by atoms with Gasteiger partial charge in [0.1, 0.15) is 5.54 Å². The molecule has 100 valence electrons. The van der Waals surface area contributed by atoms with Gasteiger partial charge in [-0.2, -0.15) is 0 Å². The number of carbonyl (C=O) groups is 1. The summed E-state index contributed by atoms with van der Waals surface area (Å²) in [6.07, 6.45) is 7.37. The molecule has 0 bridgehead atoms. The molecule has 0 unspecified atom stereocenters. The molecule has 1 rings (SSSR count). The molecular weight excluding hydrogens is 218 g/mol. The Balaban J connectivity index is 2.23. The molecule has 0 radical (unpaired) electrons. The Morgan fingerprint density at radius 1 is 1.18 bits per heavy atom. The number of hydrogen-bond donors (Lipinski definition) is 1. The summed E-state index contributed by atoms with van der Waals surface area (Å²) in [7, 11) is 3.20. The molecule has 4 heteroatoms. The van der Waals surface area contributed by atoms with E-state index in [1.807, 2.05) is 0 Å². The lowest BCUT2D eigenvalue weighted by Gasteiger charge is -2.27. The predicted molar refractivity (Wildman–Crippen MR) is 66.9 cm³/mol. The van der Waals surface area contributed by atoms with Gasteiger partial charge in [-0.05, 0) is 38.6 Å². The number of carbonyl (C=O) groups excluding carboxylic acids is 1. The van der Waals surface area contributed by atoms with Crippen LogP contribution in [0.4, 0.5) is 0 Å². The summed E-state index contributed by atoms with van der Waals surface area (Å²) < 4.78 is 9.91. The van der Waals surface area contributed by atoms with Crippen LogP contribution in [0.3, 0.4) is 0 Å². The molecule has 17 heavy (non-hydrogen) atoms. The maximum atomic E-state index is 11.8. The van der Waals surface area contributed by atoms with Gasteiger partial charge in [0, 0.05) is 13.7 Å². The zero-order valence-electron chi connectivity index (χ0n) is 11.1. The minimum Gasteiger partial charge on any atom is -0.468 e. The quantitative estimate of drug-likeness (QED) is 0.522. The molecule has 1 N–H and O–H groups in total. The zero-order valence-corrected chi connectivity index (χ0v) is 11.1. The molecule has 0 aromatic rings. The number of unbranched alkanes of at least 4 members (excludes halogenated alkanes) is 2. The van der Waals surface area contributed by atoms with E-state index in [0.29, 0.717) is 0 Å². The lowest BCUT2D eigenvalue weighted by Crippen LogP contribution is -2.50. The molecule has 4 nitrogen and oxygen atoms in total. The third kappa shape index (κ3) is 4.28. The van der Waals surface area contributed by atoms with Gasteiger partial charge >= 0.3 is 5.97 Å². The highest BCUT2D eigenvalue weighted by molar-refractivity contribution is 5.81. The third-order valence-corrected chi connectivity index (χ3v) is 3.52. The van der Waals surface area contributed by atoms with Gasteiger partial charge in [0.25, 0.3) is 0 Å². The fraction of sp³-hybridized carbons (Fsp3) is 0.923. The second-order valence-electron chi connectivity index (χ2n) is 4.76. The van der Waals surface area contributed by atoms with Crippen molar-refractivity contribution in [3.63, 3.8) is 0 Å². The molecule has 0 aromatic carbocycles. The van der Waals surface area contributed by atoms with Crippen LogP contribution in [0, 0.1) is 0 Å². The van der Waals surface area contributed by atoms with Crippen molar-refractivity contribution in [2.24, 2.45) is 0 Å². The van der Waals surface area contributed by atoms with Crippen LogP contribution in [0.25, 0.3) is 0 Å². The summed E-state index contributed by atoms with van der Waals surface area (Å²) in [5, 5.41) is 3.41. The van der Waals surface area contributed by atoms with Gasteiger partial charge in [-0.25, -0.2) is 0 Å². The average molecular weight is 243 g/mol. The molecule has 0 atom stereocenters. The normalized spacial score (nSPS) is 18.2. The molecule has 1 fully saturated rings. The van der Waals surface area contributed by atoms with Crippen molar-refractivity contribution in [1.82, 2.24) is 5.32 Å². The molecule has 0 spiro atoms. The highest BCUT2D eigenvalue weighted by Crippen LogP contribution is 2.30.